The molecule has 1 aromatic rings. The summed E-state index contributed by atoms with van der Waals surface area (Å²) in [7, 11) is -1.69. The third-order valence-electron chi connectivity index (χ3n) is 4.55. The summed E-state index contributed by atoms with van der Waals surface area (Å²) >= 11 is 0. The first-order valence-electron chi connectivity index (χ1n) is 8.85. The number of amides is 2. The first kappa shape index (κ1) is 18.5. The second-order valence-corrected chi connectivity index (χ2v) is 6.50. The number of rotatable bonds is 7. The number of nitrogens with one attached hydrogen (secondary N) is 1. The lowest BCUT2D eigenvalue weighted by Gasteiger charge is -2.22. The van der Waals surface area contributed by atoms with Gasteiger partial charge in [-0.05, 0) is 30.5 Å². The van der Waals surface area contributed by atoms with Crippen LogP contribution in [-0.2, 0) is 16.0 Å². The zero-order valence-corrected chi connectivity index (χ0v) is 14.5. The number of fused-ring (bicyclic) bond motifs is 1. The normalized spacial score (nSPS) is 17.2. The van der Waals surface area contributed by atoms with Gasteiger partial charge in [-0.3, -0.25) is 9.59 Å². The maximum Gasteiger partial charge on any atom is 0.475 e. The van der Waals surface area contributed by atoms with E-state index in [9.17, 15) is 19.6 Å². The van der Waals surface area contributed by atoms with Crippen LogP contribution < -0.4 is 14.8 Å². The third kappa shape index (κ3) is 4.67. The summed E-state index contributed by atoms with van der Waals surface area (Å²) < 4.78 is 11.0. The van der Waals surface area contributed by atoms with Gasteiger partial charge < -0.3 is 29.7 Å². The topological polar surface area (TPSA) is 108 Å². The van der Waals surface area contributed by atoms with Crippen molar-refractivity contribution in [3.05, 3.63) is 23.8 Å². The molecular formula is C17H23BN2O6. The molecule has 0 saturated carbocycles. The van der Waals surface area contributed by atoms with Gasteiger partial charge in [0.25, 0.3) is 0 Å². The molecule has 0 aromatic heterocycles. The first-order valence-corrected chi connectivity index (χ1v) is 8.85. The van der Waals surface area contributed by atoms with Crippen LogP contribution in [0.15, 0.2) is 18.2 Å². The van der Waals surface area contributed by atoms with E-state index in [1.807, 2.05) is 0 Å². The van der Waals surface area contributed by atoms with Crippen LogP contribution in [0, 0.1) is 0 Å². The maximum absolute atomic E-state index is 12.1. The van der Waals surface area contributed by atoms with E-state index in [0.717, 1.165) is 12.0 Å². The monoisotopic (exact) mass is 362 g/mol. The summed E-state index contributed by atoms with van der Waals surface area (Å²) in [6, 6.07) is 5.35. The SMILES string of the molecule is O=C(CCN1CCCC1=O)N[C@@H](Cc1ccc2c(c1)OCCO2)B(O)O. The molecule has 1 atom stereocenters. The van der Waals surface area contributed by atoms with Crippen LogP contribution in [0.1, 0.15) is 24.8 Å². The number of carbonyl (C=O) groups excluding carboxylic acids is 2. The Labute approximate surface area is 152 Å². The fourth-order valence-corrected chi connectivity index (χ4v) is 3.16. The van der Waals surface area contributed by atoms with E-state index in [1.165, 1.54) is 0 Å². The number of ether oxygens (including phenoxy) is 2. The molecule has 1 saturated heterocycles. The molecule has 9 heteroatoms. The van der Waals surface area contributed by atoms with Crippen molar-refractivity contribution in [3.63, 3.8) is 0 Å². The van der Waals surface area contributed by atoms with Crippen molar-refractivity contribution in [2.75, 3.05) is 26.3 Å². The molecule has 1 fully saturated rings. The van der Waals surface area contributed by atoms with Crippen molar-refractivity contribution in [1.82, 2.24) is 10.2 Å². The first-order chi connectivity index (χ1) is 12.5. The van der Waals surface area contributed by atoms with Crippen molar-refractivity contribution in [2.24, 2.45) is 0 Å². The van der Waals surface area contributed by atoms with Crippen molar-refractivity contribution in [2.45, 2.75) is 31.6 Å². The summed E-state index contributed by atoms with van der Waals surface area (Å²) in [6.07, 6.45) is 1.73. The molecule has 8 nitrogen and oxygen atoms in total. The van der Waals surface area contributed by atoms with E-state index in [4.69, 9.17) is 9.47 Å². The molecule has 2 aliphatic rings. The molecule has 0 radical (unpaired) electrons. The van der Waals surface area contributed by atoms with Crippen molar-refractivity contribution < 1.29 is 29.1 Å². The predicted octanol–water partition coefficient (Wildman–Crippen LogP) is -0.490. The number of benzene rings is 1. The molecule has 140 valence electrons. The summed E-state index contributed by atoms with van der Waals surface area (Å²) in [6.45, 7) is 1.99. The minimum atomic E-state index is -1.69. The molecule has 3 rings (SSSR count). The van der Waals surface area contributed by atoms with Gasteiger partial charge >= 0.3 is 7.12 Å². The third-order valence-corrected chi connectivity index (χ3v) is 4.55. The van der Waals surface area contributed by atoms with Crippen LogP contribution in [0.3, 0.4) is 0 Å². The Morgan fingerprint density at radius 3 is 2.73 bits per heavy atom. The minimum absolute atomic E-state index is 0.0628. The lowest BCUT2D eigenvalue weighted by atomic mass is 9.76. The van der Waals surface area contributed by atoms with Gasteiger partial charge in [-0.2, -0.15) is 0 Å². The second kappa shape index (κ2) is 8.42. The van der Waals surface area contributed by atoms with Crippen LogP contribution in [-0.4, -0.2) is 66.1 Å². The van der Waals surface area contributed by atoms with Crippen LogP contribution in [0.5, 0.6) is 11.5 Å². The molecule has 0 unspecified atom stereocenters. The van der Waals surface area contributed by atoms with Crippen molar-refractivity contribution in [1.29, 1.82) is 0 Å². The summed E-state index contributed by atoms with van der Waals surface area (Å²) in [5.74, 6) is 0.159. The van der Waals surface area contributed by atoms with E-state index >= 15 is 0 Å². The summed E-state index contributed by atoms with van der Waals surface area (Å²) in [4.78, 5) is 25.4. The van der Waals surface area contributed by atoms with Crippen molar-refractivity contribution >= 4 is 18.9 Å². The molecule has 0 spiro atoms. The largest absolute Gasteiger partial charge is 0.486 e. The Bertz CT molecular complexity index is 669. The number of hydrogen-bond acceptors (Lipinski definition) is 6. The average molecular weight is 362 g/mol. The molecule has 2 amide bonds. The van der Waals surface area contributed by atoms with Gasteiger partial charge in [-0.25, -0.2) is 0 Å². The highest BCUT2D eigenvalue weighted by atomic mass is 16.6. The van der Waals surface area contributed by atoms with Crippen LogP contribution in [0.25, 0.3) is 0 Å². The van der Waals surface area contributed by atoms with Crippen LogP contribution >= 0.6 is 0 Å². The quantitative estimate of drug-likeness (QED) is 0.565. The summed E-state index contributed by atoms with van der Waals surface area (Å²) in [5.41, 5.74) is 0.794. The Morgan fingerprint density at radius 2 is 2.04 bits per heavy atom. The number of nitrogens with zero attached hydrogens (tertiary/aromatic N) is 1. The molecule has 2 aliphatic heterocycles. The molecule has 1 aromatic carbocycles. The second-order valence-electron chi connectivity index (χ2n) is 6.50. The fourth-order valence-electron chi connectivity index (χ4n) is 3.16. The van der Waals surface area contributed by atoms with Gasteiger partial charge in [0.1, 0.15) is 13.2 Å². The van der Waals surface area contributed by atoms with Crippen LogP contribution in [0.2, 0.25) is 0 Å². The lowest BCUT2D eigenvalue weighted by Crippen LogP contribution is -2.48. The van der Waals surface area contributed by atoms with E-state index in [-0.39, 0.29) is 24.7 Å². The van der Waals surface area contributed by atoms with Gasteiger partial charge in [0.15, 0.2) is 11.5 Å². The number of hydrogen-bond donors (Lipinski definition) is 3. The van der Waals surface area contributed by atoms with Gasteiger partial charge in [0, 0.05) is 25.9 Å². The standard InChI is InChI=1S/C17H23BN2O6/c21-16(5-7-20-6-1-2-17(20)22)19-15(18(23)24)11-12-3-4-13-14(10-12)26-9-8-25-13/h3-4,10,15,23-24H,1-2,5-9,11H2,(H,19,21)/t15-/m0/s1. The molecule has 2 heterocycles. The Kier molecular flexibility index (Phi) is 6.00. The molecular weight excluding hydrogens is 339 g/mol. The van der Waals surface area contributed by atoms with Gasteiger partial charge in [-0.15, -0.1) is 0 Å². The van der Waals surface area contributed by atoms with Gasteiger partial charge in [0.2, 0.25) is 11.8 Å². The highest BCUT2D eigenvalue weighted by molar-refractivity contribution is 6.43. The zero-order valence-electron chi connectivity index (χ0n) is 14.5. The van der Waals surface area contributed by atoms with Gasteiger partial charge in [0.05, 0.1) is 5.94 Å². The number of carbonyl (C=O) groups is 2. The van der Waals surface area contributed by atoms with Gasteiger partial charge in [-0.1, -0.05) is 6.07 Å². The molecule has 0 bridgehead atoms. The Morgan fingerprint density at radius 1 is 1.27 bits per heavy atom. The predicted molar refractivity (Wildman–Crippen MR) is 93.7 cm³/mol. The molecule has 26 heavy (non-hydrogen) atoms. The summed E-state index contributed by atoms with van der Waals surface area (Å²) in [5, 5.41) is 21.8. The average Bonchev–Trinajstić information content (AvgIpc) is 3.04. The molecule has 3 N–H and O–H groups in total. The zero-order chi connectivity index (χ0) is 18.5. The fraction of sp³-hybridized carbons (Fsp3) is 0.529. The minimum Gasteiger partial charge on any atom is -0.486 e. The lowest BCUT2D eigenvalue weighted by molar-refractivity contribution is -0.128. The highest BCUT2D eigenvalue weighted by Crippen LogP contribution is 2.31. The number of likely N-dealkylation sites (tertiary alicyclic amines) is 1. The molecule has 0 aliphatic carbocycles. The smallest absolute Gasteiger partial charge is 0.475 e. The Hall–Kier alpha value is -2.26. The van der Waals surface area contributed by atoms with E-state index < -0.39 is 13.1 Å². The Balaban J connectivity index is 1.55. The van der Waals surface area contributed by atoms with E-state index in [2.05, 4.69) is 5.32 Å². The van der Waals surface area contributed by atoms with Crippen LogP contribution in [0.4, 0.5) is 0 Å². The highest BCUT2D eigenvalue weighted by Gasteiger charge is 2.27. The maximum atomic E-state index is 12.1. The van der Waals surface area contributed by atoms with E-state index in [0.29, 0.717) is 44.2 Å². The van der Waals surface area contributed by atoms with E-state index in [1.54, 1.807) is 23.1 Å². The van der Waals surface area contributed by atoms with Crippen molar-refractivity contribution in [3.8, 4) is 11.5 Å².